The molecule has 1 aliphatic rings. The summed E-state index contributed by atoms with van der Waals surface area (Å²) in [7, 11) is 3.16. The topological polar surface area (TPSA) is 77.1 Å². The number of hydrogen-bond donors (Lipinski definition) is 1. The van der Waals surface area contributed by atoms with E-state index in [1.165, 1.54) is 0 Å². The number of ether oxygens (including phenoxy) is 3. The molecule has 7 nitrogen and oxygen atoms in total. The molecule has 178 valence electrons. The molecule has 0 radical (unpaired) electrons. The molecule has 33 heavy (non-hydrogen) atoms. The highest BCUT2D eigenvalue weighted by Gasteiger charge is 2.29. The number of carbonyl (C=O) groups excluding carboxylic acids is 2. The molecular formula is C26H34N2O5. The van der Waals surface area contributed by atoms with Gasteiger partial charge in [0.1, 0.15) is 5.75 Å². The van der Waals surface area contributed by atoms with E-state index >= 15 is 0 Å². The number of nitrogens with one attached hydrogen (secondary N) is 1. The standard InChI is InChI=1S/C26H34N2O5/c1-17-7-6-8-18(2)28(17)25(29)16-33-22-12-9-20(10-13-22)26(30)27-19(3)21-11-14-23(31-4)24(15-21)32-5/h9-15,17-19H,6-8,16H2,1-5H3,(H,27,30). The molecule has 0 aliphatic carbocycles. The second-order valence-electron chi connectivity index (χ2n) is 8.55. The SMILES string of the molecule is COc1ccc(C(C)NC(=O)c2ccc(OCC(=O)N3C(C)CCCC3C)cc2)cc1OC. The van der Waals surface area contributed by atoms with Crippen LogP contribution >= 0.6 is 0 Å². The minimum Gasteiger partial charge on any atom is -0.493 e. The molecule has 2 aromatic rings. The first kappa shape index (κ1) is 24.4. The predicted octanol–water partition coefficient (Wildman–Crippen LogP) is 4.36. The maximum Gasteiger partial charge on any atom is 0.260 e. The first-order chi connectivity index (χ1) is 15.8. The molecule has 1 heterocycles. The molecule has 0 saturated carbocycles. The van der Waals surface area contributed by atoms with E-state index in [9.17, 15) is 9.59 Å². The number of benzene rings is 2. The van der Waals surface area contributed by atoms with E-state index < -0.39 is 0 Å². The van der Waals surface area contributed by atoms with E-state index in [-0.39, 0.29) is 36.5 Å². The molecule has 1 aliphatic heterocycles. The zero-order valence-corrected chi connectivity index (χ0v) is 20.1. The number of carbonyl (C=O) groups is 2. The lowest BCUT2D eigenvalue weighted by molar-refractivity contribution is -0.139. The van der Waals surface area contributed by atoms with Gasteiger partial charge in [-0.15, -0.1) is 0 Å². The van der Waals surface area contributed by atoms with Crippen LogP contribution in [-0.2, 0) is 4.79 Å². The van der Waals surface area contributed by atoms with Crippen LogP contribution < -0.4 is 19.5 Å². The Kier molecular flexibility index (Phi) is 8.20. The highest BCUT2D eigenvalue weighted by Crippen LogP contribution is 2.30. The molecule has 3 unspecified atom stereocenters. The third kappa shape index (κ3) is 5.97. The molecule has 7 heteroatoms. The van der Waals surface area contributed by atoms with Crippen LogP contribution in [0.4, 0.5) is 0 Å². The van der Waals surface area contributed by atoms with Crippen LogP contribution in [0.5, 0.6) is 17.2 Å². The molecular weight excluding hydrogens is 420 g/mol. The number of piperidine rings is 1. The first-order valence-corrected chi connectivity index (χ1v) is 11.4. The van der Waals surface area contributed by atoms with Crippen molar-refractivity contribution in [3.8, 4) is 17.2 Å². The molecule has 2 amide bonds. The van der Waals surface area contributed by atoms with Crippen molar-refractivity contribution in [3.05, 3.63) is 53.6 Å². The minimum absolute atomic E-state index is 0.000245. The lowest BCUT2D eigenvalue weighted by Gasteiger charge is -2.38. The van der Waals surface area contributed by atoms with Gasteiger partial charge in [-0.2, -0.15) is 0 Å². The van der Waals surface area contributed by atoms with Crippen molar-refractivity contribution < 1.29 is 23.8 Å². The van der Waals surface area contributed by atoms with Crippen molar-refractivity contribution in [2.45, 2.75) is 58.2 Å². The lowest BCUT2D eigenvalue weighted by Crippen LogP contribution is -2.49. The normalized spacial score (nSPS) is 18.9. The lowest BCUT2D eigenvalue weighted by atomic mass is 9.97. The Morgan fingerprint density at radius 1 is 1.00 bits per heavy atom. The van der Waals surface area contributed by atoms with E-state index in [2.05, 4.69) is 19.2 Å². The summed E-state index contributed by atoms with van der Waals surface area (Å²) in [5, 5.41) is 2.99. The highest BCUT2D eigenvalue weighted by atomic mass is 16.5. The van der Waals surface area contributed by atoms with Gasteiger partial charge in [0.2, 0.25) is 0 Å². The Morgan fingerprint density at radius 2 is 1.64 bits per heavy atom. The Balaban J connectivity index is 1.56. The number of nitrogens with zero attached hydrogens (tertiary/aromatic N) is 1. The average molecular weight is 455 g/mol. The third-order valence-corrected chi connectivity index (χ3v) is 6.22. The zero-order chi connectivity index (χ0) is 24.0. The summed E-state index contributed by atoms with van der Waals surface area (Å²) in [4.78, 5) is 27.3. The molecule has 1 saturated heterocycles. The van der Waals surface area contributed by atoms with Crippen molar-refractivity contribution in [1.82, 2.24) is 10.2 Å². The molecule has 3 rings (SSSR count). The summed E-state index contributed by atoms with van der Waals surface area (Å²) in [6, 6.07) is 12.6. The quantitative estimate of drug-likeness (QED) is 0.641. The summed E-state index contributed by atoms with van der Waals surface area (Å²) < 4.78 is 16.3. The fourth-order valence-electron chi connectivity index (χ4n) is 4.32. The summed E-state index contributed by atoms with van der Waals surface area (Å²) in [5.74, 6) is 1.61. The average Bonchev–Trinajstić information content (AvgIpc) is 2.82. The second-order valence-corrected chi connectivity index (χ2v) is 8.55. The van der Waals surface area contributed by atoms with E-state index in [0.717, 1.165) is 24.8 Å². The fraction of sp³-hybridized carbons (Fsp3) is 0.462. The maximum atomic E-state index is 12.7. The van der Waals surface area contributed by atoms with E-state index in [1.54, 1.807) is 38.5 Å². The van der Waals surface area contributed by atoms with Crippen molar-refractivity contribution in [1.29, 1.82) is 0 Å². The van der Waals surface area contributed by atoms with Gasteiger partial charge in [-0.05, 0) is 82.0 Å². The summed E-state index contributed by atoms with van der Waals surface area (Å²) in [6.07, 6.45) is 3.21. The van der Waals surface area contributed by atoms with Crippen LogP contribution in [0.3, 0.4) is 0 Å². The molecule has 2 aromatic carbocycles. The highest BCUT2D eigenvalue weighted by molar-refractivity contribution is 5.94. The number of likely N-dealkylation sites (tertiary alicyclic amines) is 1. The minimum atomic E-state index is -0.223. The molecule has 1 N–H and O–H groups in total. The van der Waals surface area contributed by atoms with Crippen LogP contribution in [0.15, 0.2) is 42.5 Å². The van der Waals surface area contributed by atoms with Gasteiger partial charge in [-0.1, -0.05) is 6.07 Å². The monoisotopic (exact) mass is 454 g/mol. The first-order valence-electron chi connectivity index (χ1n) is 11.4. The van der Waals surface area contributed by atoms with E-state index in [0.29, 0.717) is 22.8 Å². The molecule has 0 bridgehead atoms. The molecule has 0 spiro atoms. The largest absolute Gasteiger partial charge is 0.493 e. The summed E-state index contributed by atoms with van der Waals surface area (Å²) >= 11 is 0. The van der Waals surface area contributed by atoms with Crippen molar-refractivity contribution in [2.75, 3.05) is 20.8 Å². The van der Waals surface area contributed by atoms with Crippen LogP contribution in [0.1, 0.15) is 62.0 Å². The van der Waals surface area contributed by atoms with Gasteiger partial charge >= 0.3 is 0 Å². The predicted molar refractivity (Wildman–Crippen MR) is 127 cm³/mol. The van der Waals surface area contributed by atoms with Crippen LogP contribution in [0, 0.1) is 0 Å². The summed E-state index contributed by atoms with van der Waals surface area (Å²) in [6.45, 7) is 6.08. The van der Waals surface area contributed by atoms with Crippen molar-refractivity contribution >= 4 is 11.8 Å². The summed E-state index contributed by atoms with van der Waals surface area (Å²) in [5.41, 5.74) is 1.42. The Labute approximate surface area is 196 Å². The van der Waals surface area contributed by atoms with Gasteiger partial charge in [0.05, 0.1) is 20.3 Å². The van der Waals surface area contributed by atoms with Crippen molar-refractivity contribution in [3.63, 3.8) is 0 Å². The Morgan fingerprint density at radius 3 is 2.24 bits per heavy atom. The van der Waals surface area contributed by atoms with Gasteiger partial charge in [-0.25, -0.2) is 0 Å². The number of methoxy groups -OCH3 is 2. The van der Waals surface area contributed by atoms with Gasteiger partial charge in [0, 0.05) is 17.6 Å². The smallest absolute Gasteiger partial charge is 0.260 e. The van der Waals surface area contributed by atoms with Crippen LogP contribution in [-0.4, -0.2) is 49.6 Å². The van der Waals surface area contributed by atoms with Gasteiger partial charge < -0.3 is 24.4 Å². The van der Waals surface area contributed by atoms with E-state index in [4.69, 9.17) is 14.2 Å². The molecule has 1 fully saturated rings. The third-order valence-electron chi connectivity index (χ3n) is 6.22. The van der Waals surface area contributed by atoms with Gasteiger partial charge in [0.25, 0.3) is 11.8 Å². The molecule has 0 aromatic heterocycles. The number of rotatable bonds is 8. The number of hydrogen-bond acceptors (Lipinski definition) is 5. The Bertz CT molecular complexity index is 950. The number of amides is 2. The van der Waals surface area contributed by atoms with Gasteiger partial charge in [-0.3, -0.25) is 9.59 Å². The molecule has 3 atom stereocenters. The zero-order valence-electron chi connectivity index (χ0n) is 20.1. The van der Waals surface area contributed by atoms with Crippen LogP contribution in [0.2, 0.25) is 0 Å². The van der Waals surface area contributed by atoms with Gasteiger partial charge in [0.15, 0.2) is 18.1 Å². The second kappa shape index (κ2) is 11.1. The Hall–Kier alpha value is -3.22. The fourth-order valence-corrected chi connectivity index (χ4v) is 4.32. The van der Waals surface area contributed by atoms with Crippen LogP contribution in [0.25, 0.3) is 0 Å². The van der Waals surface area contributed by atoms with Crippen molar-refractivity contribution in [2.24, 2.45) is 0 Å². The van der Waals surface area contributed by atoms with E-state index in [1.807, 2.05) is 30.0 Å². The maximum absolute atomic E-state index is 12.7.